The van der Waals surface area contributed by atoms with Gasteiger partial charge in [-0.1, -0.05) is 157 Å². The first-order chi connectivity index (χ1) is 20.1. The second-order valence-corrected chi connectivity index (χ2v) is 10.7. The molecule has 0 heteroatoms. The summed E-state index contributed by atoms with van der Waals surface area (Å²) in [7, 11) is 0. The van der Waals surface area contributed by atoms with Gasteiger partial charge in [0, 0.05) is 0 Å². The van der Waals surface area contributed by atoms with Crippen molar-refractivity contribution >= 4 is 21.5 Å². The molecule has 0 aromatic heterocycles. The van der Waals surface area contributed by atoms with Crippen molar-refractivity contribution in [2.45, 2.75) is 20.8 Å². The van der Waals surface area contributed by atoms with E-state index in [0.717, 1.165) is 0 Å². The number of hydrogen-bond donors (Lipinski definition) is 0. The molecule has 0 aliphatic rings. The topological polar surface area (TPSA) is 0 Å². The zero-order valence-corrected chi connectivity index (χ0v) is 23.9. The van der Waals surface area contributed by atoms with Gasteiger partial charge in [0.2, 0.25) is 0 Å². The van der Waals surface area contributed by atoms with E-state index in [2.05, 4.69) is 172 Å². The highest BCUT2D eigenvalue weighted by atomic mass is 14.2. The predicted octanol–water partition coefficient (Wildman–Crippen LogP) is 11.6. The zero-order valence-electron chi connectivity index (χ0n) is 23.9. The van der Waals surface area contributed by atoms with Crippen molar-refractivity contribution in [1.29, 1.82) is 0 Å². The molecule has 0 N–H and O–H groups in total. The van der Waals surface area contributed by atoms with E-state index in [-0.39, 0.29) is 0 Å². The van der Waals surface area contributed by atoms with E-state index in [1.807, 2.05) is 0 Å². The summed E-state index contributed by atoms with van der Waals surface area (Å²) in [5.74, 6) is 0. The standard InChI is InChI=1S/C27H20.C14H14/c1-19-10-9-13-21(18-19)27-24-16-7-5-14-22(24)26(20-11-3-2-4-12-20)23-15-6-8-17-25(23)27;1-11-7-3-5-9-13(11)14-10-6-4-8-12(14)2/h2-18H,1H3;3-10H,1-2H3. The molecule has 0 unspecified atom stereocenters. The lowest BCUT2D eigenvalue weighted by Crippen LogP contribution is -1.90. The Labute approximate surface area is 243 Å². The van der Waals surface area contributed by atoms with Crippen molar-refractivity contribution in [2.75, 3.05) is 0 Å². The van der Waals surface area contributed by atoms with E-state index in [9.17, 15) is 0 Å². The van der Waals surface area contributed by atoms with Gasteiger partial charge in [0.1, 0.15) is 0 Å². The van der Waals surface area contributed by atoms with E-state index in [0.29, 0.717) is 0 Å². The summed E-state index contributed by atoms with van der Waals surface area (Å²) in [5.41, 5.74) is 11.8. The maximum Gasteiger partial charge on any atom is -0.00263 e. The van der Waals surface area contributed by atoms with Crippen molar-refractivity contribution in [3.05, 3.63) is 168 Å². The maximum absolute atomic E-state index is 2.29. The Bertz CT molecular complexity index is 1860. The van der Waals surface area contributed by atoms with Crippen LogP contribution in [0.15, 0.2) is 152 Å². The van der Waals surface area contributed by atoms with Crippen molar-refractivity contribution in [2.24, 2.45) is 0 Å². The minimum atomic E-state index is 1.26. The lowest BCUT2D eigenvalue weighted by Gasteiger charge is -2.17. The van der Waals surface area contributed by atoms with Crippen LogP contribution in [0.5, 0.6) is 0 Å². The van der Waals surface area contributed by atoms with Gasteiger partial charge in [0.25, 0.3) is 0 Å². The van der Waals surface area contributed by atoms with Crippen molar-refractivity contribution in [3.8, 4) is 33.4 Å². The molecule has 41 heavy (non-hydrogen) atoms. The van der Waals surface area contributed by atoms with Crippen molar-refractivity contribution in [1.82, 2.24) is 0 Å². The molecule has 0 saturated carbocycles. The minimum Gasteiger partial charge on any atom is -0.0622 e. The number of rotatable bonds is 3. The molecule has 0 radical (unpaired) electrons. The highest BCUT2D eigenvalue weighted by Gasteiger charge is 2.16. The van der Waals surface area contributed by atoms with Crippen LogP contribution in [0, 0.1) is 20.8 Å². The van der Waals surface area contributed by atoms with E-state index in [4.69, 9.17) is 0 Å². The predicted molar refractivity (Wildman–Crippen MR) is 178 cm³/mol. The molecule has 7 aromatic rings. The fourth-order valence-corrected chi connectivity index (χ4v) is 5.91. The summed E-state index contributed by atoms with van der Waals surface area (Å²) in [6.45, 7) is 6.47. The van der Waals surface area contributed by atoms with Crippen LogP contribution >= 0.6 is 0 Å². The van der Waals surface area contributed by atoms with Crippen LogP contribution in [0.2, 0.25) is 0 Å². The molecule has 7 rings (SSSR count). The first-order valence-electron chi connectivity index (χ1n) is 14.3. The fraction of sp³-hybridized carbons (Fsp3) is 0.0732. The van der Waals surface area contributed by atoms with E-state index < -0.39 is 0 Å². The molecule has 0 aliphatic carbocycles. The van der Waals surface area contributed by atoms with Crippen molar-refractivity contribution in [3.63, 3.8) is 0 Å². The Morgan fingerprint density at radius 3 is 1.17 bits per heavy atom. The van der Waals surface area contributed by atoms with Crippen molar-refractivity contribution < 1.29 is 0 Å². The van der Waals surface area contributed by atoms with Gasteiger partial charge in [0.05, 0.1) is 0 Å². The maximum atomic E-state index is 2.29. The van der Waals surface area contributed by atoms with Crippen LogP contribution in [0.25, 0.3) is 54.9 Å². The van der Waals surface area contributed by atoms with Gasteiger partial charge in [-0.2, -0.15) is 0 Å². The van der Waals surface area contributed by atoms with Gasteiger partial charge in [-0.3, -0.25) is 0 Å². The molecule has 0 spiro atoms. The SMILES string of the molecule is Cc1cccc(-c2c3ccccc3c(-c3ccccc3)c3ccccc23)c1.Cc1ccccc1-c1ccccc1C. The lowest BCUT2D eigenvalue weighted by molar-refractivity contribution is 1.41. The summed E-state index contributed by atoms with van der Waals surface area (Å²) in [5, 5.41) is 5.22. The molecule has 0 atom stereocenters. The van der Waals surface area contributed by atoms with Crippen LogP contribution in [-0.4, -0.2) is 0 Å². The normalized spacial score (nSPS) is 10.8. The van der Waals surface area contributed by atoms with E-state index in [1.54, 1.807) is 0 Å². The smallest absolute Gasteiger partial charge is 0.00263 e. The van der Waals surface area contributed by atoms with Crippen LogP contribution in [0.1, 0.15) is 16.7 Å². The molecule has 0 bridgehead atoms. The summed E-state index contributed by atoms with van der Waals surface area (Å²) in [6, 6.07) is 54.2. The van der Waals surface area contributed by atoms with E-state index >= 15 is 0 Å². The third-order valence-electron chi connectivity index (χ3n) is 7.88. The second kappa shape index (κ2) is 11.7. The molecule has 198 valence electrons. The lowest BCUT2D eigenvalue weighted by atomic mass is 9.86. The largest absolute Gasteiger partial charge is 0.0622 e. The molecule has 0 aliphatic heterocycles. The first kappa shape index (κ1) is 26.3. The van der Waals surface area contributed by atoms with Crippen LogP contribution in [-0.2, 0) is 0 Å². The van der Waals surface area contributed by atoms with Gasteiger partial charge in [0.15, 0.2) is 0 Å². The Morgan fingerprint density at radius 2 is 0.707 bits per heavy atom. The highest BCUT2D eigenvalue weighted by Crippen LogP contribution is 2.43. The van der Waals surface area contributed by atoms with Gasteiger partial charge in [-0.05, 0) is 86.8 Å². The second-order valence-electron chi connectivity index (χ2n) is 10.7. The molecular formula is C41H34. The number of hydrogen-bond acceptors (Lipinski definition) is 0. The summed E-state index contributed by atoms with van der Waals surface area (Å²) < 4.78 is 0. The molecule has 0 fully saturated rings. The molecular weight excluding hydrogens is 492 g/mol. The van der Waals surface area contributed by atoms with Gasteiger partial charge >= 0.3 is 0 Å². The van der Waals surface area contributed by atoms with E-state index in [1.165, 1.54) is 71.6 Å². The third-order valence-corrected chi connectivity index (χ3v) is 7.88. The molecule has 0 amide bonds. The van der Waals surface area contributed by atoms with Crippen LogP contribution < -0.4 is 0 Å². The molecule has 0 nitrogen and oxygen atoms in total. The van der Waals surface area contributed by atoms with Gasteiger partial charge in [-0.25, -0.2) is 0 Å². The first-order valence-corrected chi connectivity index (χ1v) is 14.3. The number of aryl methyl sites for hydroxylation is 3. The monoisotopic (exact) mass is 526 g/mol. The molecule has 0 heterocycles. The average Bonchev–Trinajstić information content (AvgIpc) is 3.01. The quantitative estimate of drug-likeness (QED) is 0.201. The summed E-state index contributed by atoms with van der Waals surface area (Å²) >= 11 is 0. The van der Waals surface area contributed by atoms with Gasteiger partial charge in [-0.15, -0.1) is 0 Å². The highest BCUT2D eigenvalue weighted by molar-refractivity contribution is 6.21. The number of fused-ring (bicyclic) bond motifs is 2. The zero-order chi connectivity index (χ0) is 28.2. The third kappa shape index (κ3) is 5.30. The minimum absolute atomic E-state index is 1.26. The number of benzene rings is 7. The Hall–Kier alpha value is -4.94. The fourth-order valence-electron chi connectivity index (χ4n) is 5.91. The molecule has 0 saturated heterocycles. The van der Waals surface area contributed by atoms with Crippen LogP contribution in [0.4, 0.5) is 0 Å². The van der Waals surface area contributed by atoms with Gasteiger partial charge < -0.3 is 0 Å². The Balaban J connectivity index is 0.000000182. The molecule has 7 aromatic carbocycles. The Kier molecular flexibility index (Phi) is 7.48. The Morgan fingerprint density at radius 1 is 0.317 bits per heavy atom. The average molecular weight is 527 g/mol. The van der Waals surface area contributed by atoms with Crippen LogP contribution in [0.3, 0.4) is 0 Å². The summed E-state index contributed by atoms with van der Waals surface area (Å²) in [6.07, 6.45) is 0. The summed E-state index contributed by atoms with van der Waals surface area (Å²) in [4.78, 5) is 0.